The molecule has 8 nitrogen and oxygen atoms in total. The summed E-state index contributed by atoms with van der Waals surface area (Å²) in [6.07, 6.45) is 0.843. The minimum Gasteiger partial charge on any atom is -0.455 e. The molecule has 25 heavy (non-hydrogen) atoms. The lowest BCUT2D eigenvalue weighted by molar-refractivity contribution is -0.154. The van der Waals surface area contributed by atoms with Crippen LogP contribution in [0.15, 0.2) is 29.2 Å². The Morgan fingerprint density at radius 2 is 1.92 bits per heavy atom. The number of likely N-dealkylation sites (N-methyl/N-ethyl adjacent to an activating group) is 1. The van der Waals surface area contributed by atoms with Crippen molar-refractivity contribution in [3.63, 3.8) is 0 Å². The minimum atomic E-state index is -4.00. The van der Waals surface area contributed by atoms with Gasteiger partial charge in [0.25, 0.3) is 5.91 Å². The second-order valence-electron chi connectivity index (χ2n) is 5.42. The van der Waals surface area contributed by atoms with Crippen LogP contribution >= 0.6 is 0 Å². The standard InChI is InChI=1S/C15H17FN2O6S/c1-17(25(22,23)12-6-4-11(16)5-7-12)9-15(21)24-10-14(20)18-8-2-3-13(18)19/h4-7H,2-3,8-10H2,1H3. The molecule has 0 N–H and O–H groups in total. The molecule has 1 aromatic carbocycles. The molecule has 0 bridgehead atoms. The number of benzene rings is 1. The number of carbonyl (C=O) groups is 3. The Morgan fingerprint density at radius 3 is 2.48 bits per heavy atom. The normalized spacial score (nSPS) is 14.8. The van der Waals surface area contributed by atoms with Crippen LogP contribution in [0, 0.1) is 5.82 Å². The number of amides is 2. The monoisotopic (exact) mass is 372 g/mol. The molecular formula is C15H17FN2O6S. The number of nitrogens with zero attached hydrogens (tertiary/aromatic N) is 2. The van der Waals surface area contributed by atoms with Crippen molar-refractivity contribution >= 4 is 27.8 Å². The predicted octanol–water partition coefficient (Wildman–Crippen LogP) is 0.138. The third-order valence-corrected chi connectivity index (χ3v) is 5.42. The van der Waals surface area contributed by atoms with Crippen LogP contribution in [0.2, 0.25) is 0 Å². The molecule has 0 atom stereocenters. The number of sulfonamides is 1. The van der Waals surface area contributed by atoms with E-state index in [4.69, 9.17) is 4.74 Å². The Kier molecular flexibility index (Phi) is 5.85. The molecule has 1 aliphatic rings. The van der Waals surface area contributed by atoms with E-state index < -0.39 is 40.9 Å². The van der Waals surface area contributed by atoms with Crippen LogP contribution in [0.5, 0.6) is 0 Å². The highest BCUT2D eigenvalue weighted by atomic mass is 32.2. The highest BCUT2D eigenvalue weighted by Crippen LogP contribution is 2.15. The van der Waals surface area contributed by atoms with Gasteiger partial charge in [-0.25, -0.2) is 12.8 Å². The maximum atomic E-state index is 12.9. The lowest BCUT2D eigenvalue weighted by Gasteiger charge is -2.17. The summed E-state index contributed by atoms with van der Waals surface area (Å²) in [5, 5.41) is 0. The van der Waals surface area contributed by atoms with Gasteiger partial charge in [0.05, 0.1) is 4.90 Å². The first-order valence-electron chi connectivity index (χ1n) is 7.42. The molecule has 136 valence electrons. The molecule has 0 unspecified atom stereocenters. The van der Waals surface area contributed by atoms with Gasteiger partial charge >= 0.3 is 5.97 Å². The summed E-state index contributed by atoms with van der Waals surface area (Å²) < 4.78 is 42.8. The van der Waals surface area contributed by atoms with E-state index in [-0.39, 0.29) is 23.8 Å². The van der Waals surface area contributed by atoms with Crippen molar-refractivity contribution in [3.8, 4) is 0 Å². The van der Waals surface area contributed by atoms with Gasteiger partial charge in [-0.1, -0.05) is 0 Å². The molecule has 1 aromatic rings. The van der Waals surface area contributed by atoms with Gasteiger partial charge in [0.15, 0.2) is 6.61 Å². The van der Waals surface area contributed by atoms with E-state index in [1.165, 1.54) is 0 Å². The Balaban J connectivity index is 1.90. The zero-order valence-corrected chi connectivity index (χ0v) is 14.3. The molecule has 1 heterocycles. The highest BCUT2D eigenvalue weighted by molar-refractivity contribution is 7.89. The molecule has 0 saturated carbocycles. The molecule has 0 aliphatic carbocycles. The van der Waals surface area contributed by atoms with E-state index in [0.717, 1.165) is 40.5 Å². The number of halogens is 1. The van der Waals surface area contributed by atoms with E-state index >= 15 is 0 Å². The summed E-state index contributed by atoms with van der Waals surface area (Å²) in [4.78, 5) is 35.7. The van der Waals surface area contributed by atoms with Gasteiger partial charge in [-0.05, 0) is 30.7 Å². The molecule has 1 fully saturated rings. The molecule has 10 heteroatoms. The van der Waals surface area contributed by atoms with E-state index in [1.807, 2.05) is 0 Å². The number of carbonyl (C=O) groups excluding carboxylic acids is 3. The SMILES string of the molecule is CN(CC(=O)OCC(=O)N1CCCC1=O)S(=O)(=O)c1ccc(F)cc1. The number of imide groups is 1. The summed E-state index contributed by atoms with van der Waals surface area (Å²) in [5.41, 5.74) is 0. The van der Waals surface area contributed by atoms with Gasteiger partial charge < -0.3 is 4.74 Å². The zero-order chi connectivity index (χ0) is 18.6. The van der Waals surface area contributed by atoms with Gasteiger partial charge in [0.1, 0.15) is 12.4 Å². The summed E-state index contributed by atoms with van der Waals surface area (Å²) >= 11 is 0. The minimum absolute atomic E-state index is 0.178. The van der Waals surface area contributed by atoms with Crippen LogP contribution in [-0.4, -0.2) is 62.2 Å². The Hall–Kier alpha value is -2.33. The summed E-state index contributed by atoms with van der Waals surface area (Å²) in [5.74, 6) is -2.49. The van der Waals surface area contributed by atoms with Crippen LogP contribution in [-0.2, 0) is 29.1 Å². The molecule has 1 saturated heterocycles. The number of rotatable bonds is 6. The van der Waals surface area contributed by atoms with Gasteiger partial charge in [0, 0.05) is 20.0 Å². The fraction of sp³-hybridized carbons (Fsp3) is 0.400. The fourth-order valence-corrected chi connectivity index (χ4v) is 3.35. The number of hydrogen-bond acceptors (Lipinski definition) is 6. The average molecular weight is 372 g/mol. The first-order chi connectivity index (χ1) is 11.7. The molecule has 2 rings (SSSR count). The van der Waals surface area contributed by atoms with Gasteiger partial charge in [-0.15, -0.1) is 0 Å². The summed E-state index contributed by atoms with van der Waals surface area (Å²) in [6, 6.07) is 4.14. The van der Waals surface area contributed by atoms with Crippen LogP contribution in [0.1, 0.15) is 12.8 Å². The van der Waals surface area contributed by atoms with Crippen molar-refractivity contribution in [1.82, 2.24) is 9.21 Å². The third-order valence-electron chi connectivity index (χ3n) is 3.60. The van der Waals surface area contributed by atoms with Crippen molar-refractivity contribution in [2.24, 2.45) is 0 Å². The van der Waals surface area contributed by atoms with Gasteiger partial charge in [-0.2, -0.15) is 4.31 Å². The Labute approximate surface area is 144 Å². The number of likely N-dealkylation sites (tertiary alicyclic amines) is 1. The first-order valence-corrected chi connectivity index (χ1v) is 8.86. The lowest BCUT2D eigenvalue weighted by atomic mass is 10.4. The molecule has 0 radical (unpaired) electrons. The molecule has 1 aliphatic heterocycles. The predicted molar refractivity (Wildman–Crippen MR) is 83.1 cm³/mol. The molecule has 0 spiro atoms. The van der Waals surface area contributed by atoms with Crippen molar-refractivity contribution in [3.05, 3.63) is 30.1 Å². The Bertz CT molecular complexity index is 778. The first kappa shape index (κ1) is 19.0. The maximum absolute atomic E-state index is 12.9. The zero-order valence-electron chi connectivity index (χ0n) is 13.5. The number of hydrogen-bond donors (Lipinski definition) is 0. The van der Waals surface area contributed by atoms with Crippen molar-refractivity contribution in [2.75, 3.05) is 26.7 Å². The second kappa shape index (κ2) is 7.70. The smallest absolute Gasteiger partial charge is 0.321 e. The topological polar surface area (TPSA) is 101 Å². The summed E-state index contributed by atoms with van der Waals surface area (Å²) in [6.45, 7) is -0.968. The van der Waals surface area contributed by atoms with E-state index in [2.05, 4.69) is 0 Å². The van der Waals surface area contributed by atoms with Gasteiger partial charge in [0.2, 0.25) is 15.9 Å². The van der Waals surface area contributed by atoms with Crippen LogP contribution in [0.4, 0.5) is 4.39 Å². The fourth-order valence-electron chi connectivity index (χ4n) is 2.23. The molecular weight excluding hydrogens is 355 g/mol. The van der Waals surface area contributed by atoms with E-state index in [0.29, 0.717) is 6.42 Å². The number of esters is 1. The largest absolute Gasteiger partial charge is 0.455 e. The van der Waals surface area contributed by atoms with E-state index in [9.17, 15) is 27.2 Å². The van der Waals surface area contributed by atoms with Crippen molar-refractivity contribution < 1.29 is 31.9 Å². The van der Waals surface area contributed by atoms with E-state index in [1.54, 1.807) is 0 Å². The Morgan fingerprint density at radius 1 is 1.28 bits per heavy atom. The number of ether oxygens (including phenoxy) is 1. The molecule has 0 aromatic heterocycles. The second-order valence-corrected chi connectivity index (χ2v) is 7.46. The van der Waals surface area contributed by atoms with Crippen molar-refractivity contribution in [2.45, 2.75) is 17.7 Å². The van der Waals surface area contributed by atoms with Crippen LogP contribution in [0.3, 0.4) is 0 Å². The van der Waals surface area contributed by atoms with Crippen molar-refractivity contribution in [1.29, 1.82) is 0 Å². The van der Waals surface area contributed by atoms with Crippen LogP contribution in [0.25, 0.3) is 0 Å². The molecule has 2 amide bonds. The maximum Gasteiger partial charge on any atom is 0.321 e. The highest BCUT2D eigenvalue weighted by Gasteiger charge is 2.28. The average Bonchev–Trinajstić information content (AvgIpc) is 2.99. The summed E-state index contributed by atoms with van der Waals surface area (Å²) in [7, 11) is -2.84. The quantitative estimate of drug-likeness (QED) is 0.659. The van der Waals surface area contributed by atoms with Gasteiger partial charge in [-0.3, -0.25) is 19.3 Å². The lowest BCUT2D eigenvalue weighted by Crippen LogP contribution is -2.37. The third kappa shape index (κ3) is 4.60. The van der Waals surface area contributed by atoms with Crippen LogP contribution < -0.4 is 0 Å².